The summed E-state index contributed by atoms with van der Waals surface area (Å²) in [5, 5.41) is 2.97. The SMILES string of the molecule is CCCC(CCN)CCC(=O)NCCCSC. The molecule has 0 aromatic rings. The molecule has 0 saturated carbocycles. The lowest BCUT2D eigenvalue weighted by molar-refractivity contribution is -0.121. The number of hydrogen-bond acceptors (Lipinski definition) is 3. The molecule has 4 heteroatoms. The lowest BCUT2D eigenvalue weighted by atomic mass is 9.94. The van der Waals surface area contributed by atoms with Crippen molar-refractivity contribution in [3.05, 3.63) is 0 Å². The first-order valence-corrected chi connectivity index (χ1v) is 8.09. The van der Waals surface area contributed by atoms with E-state index in [1.165, 1.54) is 12.8 Å². The van der Waals surface area contributed by atoms with Gasteiger partial charge in [0.2, 0.25) is 5.91 Å². The van der Waals surface area contributed by atoms with E-state index in [0.717, 1.165) is 38.1 Å². The van der Waals surface area contributed by atoms with Gasteiger partial charge in [-0.3, -0.25) is 4.79 Å². The Morgan fingerprint density at radius 1 is 1.35 bits per heavy atom. The Labute approximate surface area is 110 Å². The van der Waals surface area contributed by atoms with Crippen molar-refractivity contribution in [3.8, 4) is 0 Å². The first kappa shape index (κ1) is 16.8. The third-order valence-electron chi connectivity index (χ3n) is 2.90. The van der Waals surface area contributed by atoms with Crippen LogP contribution in [0.2, 0.25) is 0 Å². The second-order valence-electron chi connectivity index (χ2n) is 4.47. The third kappa shape index (κ3) is 10.6. The van der Waals surface area contributed by atoms with Gasteiger partial charge in [0.15, 0.2) is 0 Å². The Hall–Kier alpha value is -0.220. The van der Waals surface area contributed by atoms with Crippen LogP contribution in [0.1, 0.15) is 45.4 Å². The van der Waals surface area contributed by atoms with Crippen molar-refractivity contribution >= 4 is 17.7 Å². The average Bonchev–Trinajstić information content (AvgIpc) is 2.32. The topological polar surface area (TPSA) is 55.1 Å². The highest BCUT2D eigenvalue weighted by molar-refractivity contribution is 7.98. The van der Waals surface area contributed by atoms with Gasteiger partial charge in [0, 0.05) is 13.0 Å². The predicted molar refractivity (Wildman–Crippen MR) is 77.3 cm³/mol. The highest BCUT2D eigenvalue weighted by atomic mass is 32.2. The Morgan fingerprint density at radius 2 is 2.12 bits per heavy atom. The first-order chi connectivity index (χ1) is 8.24. The highest BCUT2D eigenvalue weighted by Crippen LogP contribution is 2.16. The van der Waals surface area contributed by atoms with Crippen molar-refractivity contribution in [2.24, 2.45) is 11.7 Å². The minimum absolute atomic E-state index is 0.198. The van der Waals surface area contributed by atoms with Crippen LogP contribution in [-0.2, 0) is 4.79 Å². The molecule has 17 heavy (non-hydrogen) atoms. The van der Waals surface area contributed by atoms with Gasteiger partial charge in [-0.25, -0.2) is 0 Å². The molecule has 0 spiro atoms. The number of nitrogens with two attached hydrogens (primary N) is 1. The summed E-state index contributed by atoms with van der Waals surface area (Å²) >= 11 is 1.82. The molecule has 0 heterocycles. The molecule has 3 N–H and O–H groups in total. The van der Waals surface area contributed by atoms with Crippen molar-refractivity contribution in [3.63, 3.8) is 0 Å². The summed E-state index contributed by atoms with van der Waals surface area (Å²) in [4.78, 5) is 11.6. The zero-order valence-electron chi connectivity index (χ0n) is 11.3. The summed E-state index contributed by atoms with van der Waals surface area (Å²) in [6.45, 7) is 3.74. The molecule has 1 unspecified atom stereocenters. The standard InChI is InChI=1S/C13H28N2OS/c1-3-5-12(8-9-14)6-7-13(16)15-10-4-11-17-2/h12H,3-11,14H2,1-2H3,(H,15,16). The zero-order valence-corrected chi connectivity index (χ0v) is 12.2. The lowest BCUT2D eigenvalue weighted by Gasteiger charge is -2.14. The summed E-state index contributed by atoms with van der Waals surface area (Å²) < 4.78 is 0. The van der Waals surface area contributed by atoms with Gasteiger partial charge in [0.05, 0.1) is 0 Å². The van der Waals surface area contributed by atoms with E-state index in [2.05, 4.69) is 18.5 Å². The van der Waals surface area contributed by atoms with E-state index in [1.54, 1.807) is 0 Å². The highest BCUT2D eigenvalue weighted by Gasteiger charge is 2.09. The van der Waals surface area contributed by atoms with Crippen LogP contribution in [0.5, 0.6) is 0 Å². The summed E-state index contributed by atoms with van der Waals surface area (Å²) in [7, 11) is 0. The van der Waals surface area contributed by atoms with Gasteiger partial charge in [0.1, 0.15) is 0 Å². The third-order valence-corrected chi connectivity index (χ3v) is 3.60. The van der Waals surface area contributed by atoms with Crippen LogP contribution in [0.15, 0.2) is 0 Å². The summed E-state index contributed by atoms with van der Waals surface area (Å²) in [6.07, 6.45) is 8.21. The fourth-order valence-electron chi connectivity index (χ4n) is 1.94. The summed E-state index contributed by atoms with van der Waals surface area (Å²) in [5.41, 5.74) is 5.58. The van der Waals surface area contributed by atoms with E-state index in [0.29, 0.717) is 12.3 Å². The normalized spacial score (nSPS) is 12.4. The molecular formula is C13H28N2OS. The smallest absolute Gasteiger partial charge is 0.220 e. The Kier molecular flexibility index (Phi) is 12.1. The number of carbonyl (C=O) groups excluding carboxylic acids is 1. The van der Waals surface area contributed by atoms with E-state index in [1.807, 2.05) is 11.8 Å². The van der Waals surface area contributed by atoms with Gasteiger partial charge in [0.25, 0.3) is 0 Å². The Balaban J connectivity index is 3.57. The number of nitrogens with one attached hydrogen (secondary N) is 1. The minimum atomic E-state index is 0.198. The quantitative estimate of drug-likeness (QED) is 0.561. The molecule has 102 valence electrons. The van der Waals surface area contributed by atoms with Crippen molar-refractivity contribution in [1.82, 2.24) is 5.32 Å². The van der Waals surface area contributed by atoms with E-state index in [4.69, 9.17) is 5.73 Å². The van der Waals surface area contributed by atoms with Crippen molar-refractivity contribution in [2.75, 3.05) is 25.1 Å². The molecule has 3 nitrogen and oxygen atoms in total. The van der Waals surface area contributed by atoms with Crippen LogP contribution in [0.4, 0.5) is 0 Å². The number of carbonyl (C=O) groups is 1. The average molecular weight is 260 g/mol. The lowest BCUT2D eigenvalue weighted by Crippen LogP contribution is -2.25. The summed E-state index contributed by atoms with van der Waals surface area (Å²) in [5.74, 6) is 1.94. The molecule has 0 rings (SSSR count). The maximum atomic E-state index is 11.6. The van der Waals surface area contributed by atoms with Gasteiger partial charge in [-0.05, 0) is 43.7 Å². The number of amides is 1. The fourth-order valence-corrected chi connectivity index (χ4v) is 2.38. The van der Waals surface area contributed by atoms with Crippen LogP contribution in [0, 0.1) is 5.92 Å². The molecule has 1 atom stereocenters. The van der Waals surface area contributed by atoms with E-state index in [-0.39, 0.29) is 5.91 Å². The van der Waals surface area contributed by atoms with Crippen LogP contribution in [0.25, 0.3) is 0 Å². The molecule has 0 aliphatic carbocycles. The van der Waals surface area contributed by atoms with Gasteiger partial charge in [-0.15, -0.1) is 0 Å². The maximum Gasteiger partial charge on any atom is 0.220 e. The molecule has 0 radical (unpaired) electrons. The molecule has 0 aromatic heterocycles. The van der Waals surface area contributed by atoms with Crippen LogP contribution in [0.3, 0.4) is 0 Å². The predicted octanol–water partition coefficient (Wildman–Crippen LogP) is 2.40. The Morgan fingerprint density at radius 3 is 2.71 bits per heavy atom. The van der Waals surface area contributed by atoms with Crippen LogP contribution >= 0.6 is 11.8 Å². The molecule has 0 aromatic carbocycles. The molecular weight excluding hydrogens is 232 g/mol. The van der Waals surface area contributed by atoms with Gasteiger partial charge >= 0.3 is 0 Å². The van der Waals surface area contributed by atoms with Gasteiger partial charge in [-0.1, -0.05) is 19.8 Å². The molecule has 1 amide bonds. The minimum Gasteiger partial charge on any atom is -0.356 e. The van der Waals surface area contributed by atoms with E-state index < -0.39 is 0 Å². The summed E-state index contributed by atoms with van der Waals surface area (Å²) in [6, 6.07) is 0. The van der Waals surface area contributed by atoms with Crippen molar-refractivity contribution in [2.45, 2.75) is 45.4 Å². The van der Waals surface area contributed by atoms with Crippen molar-refractivity contribution in [1.29, 1.82) is 0 Å². The van der Waals surface area contributed by atoms with Gasteiger partial charge in [-0.2, -0.15) is 11.8 Å². The Bertz CT molecular complexity index is 182. The zero-order chi connectivity index (χ0) is 12.9. The number of hydrogen-bond donors (Lipinski definition) is 2. The molecule has 0 saturated heterocycles. The van der Waals surface area contributed by atoms with Crippen LogP contribution < -0.4 is 11.1 Å². The van der Waals surface area contributed by atoms with Crippen molar-refractivity contribution < 1.29 is 4.79 Å². The fraction of sp³-hybridized carbons (Fsp3) is 0.923. The first-order valence-electron chi connectivity index (χ1n) is 6.70. The number of rotatable bonds is 11. The molecule has 0 aliphatic heterocycles. The second kappa shape index (κ2) is 12.2. The molecule has 0 aliphatic rings. The van der Waals surface area contributed by atoms with E-state index >= 15 is 0 Å². The largest absolute Gasteiger partial charge is 0.356 e. The second-order valence-corrected chi connectivity index (χ2v) is 5.45. The van der Waals surface area contributed by atoms with Crippen LogP contribution in [-0.4, -0.2) is 31.0 Å². The number of thioether (sulfide) groups is 1. The van der Waals surface area contributed by atoms with Gasteiger partial charge < -0.3 is 11.1 Å². The molecule has 0 bridgehead atoms. The monoisotopic (exact) mass is 260 g/mol. The molecule has 0 fully saturated rings. The van der Waals surface area contributed by atoms with E-state index in [9.17, 15) is 4.79 Å². The maximum absolute atomic E-state index is 11.6.